The summed E-state index contributed by atoms with van der Waals surface area (Å²) in [4.78, 5) is 22.2. The van der Waals surface area contributed by atoms with Gasteiger partial charge in [-0.15, -0.1) is 0 Å². The van der Waals surface area contributed by atoms with E-state index in [0.717, 1.165) is 11.3 Å². The Kier molecular flexibility index (Phi) is 6.56. The molecule has 0 bridgehead atoms. The number of hydrogen-bond donors (Lipinski definition) is 3. The molecule has 5 aromatic rings. The molecular formula is C25H24FN9O2. The topological polar surface area (TPSA) is 146 Å². The molecule has 2 aromatic carbocycles. The maximum atomic E-state index is 14.6. The molecule has 0 unspecified atom stereocenters. The fourth-order valence-electron chi connectivity index (χ4n) is 3.82. The van der Waals surface area contributed by atoms with Crippen molar-refractivity contribution in [2.45, 2.75) is 19.6 Å². The minimum Gasteiger partial charge on any atom is -0.459 e. The van der Waals surface area contributed by atoms with Crippen LogP contribution in [-0.2, 0) is 13.7 Å². The zero-order chi connectivity index (χ0) is 25.9. The maximum Gasteiger partial charge on any atom is 0.317 e. The van der Waals surface area contributed by atoms with E-state index in [2.05, 4.69) is 35.9 Å². The van der Waals surface area contributed by atoms with E-state index in [1.54, 1.807) is 56.1 Å². The number of aryl methyl sites for hydroxylation is 1. The average Bonchev–Trinajstić information content (AvgIpc) is 3.27. The lowest BCUT2D eigenvalue weighted by Crippen LogP contribution is -2.25. The van der Waals surface area contributed by atoms with Gasteiger partial charge in [0.1, 0.15) is 12.1 Å². The lowest BCUT2D eigenvalue weighted by Gasteiger charge is -2.14. The van der Waals surface area contributed by atoms with E-state index in [0.29, 0.717) is 28.5 Å². The third-order valence-corrected chi connectivity index (χ3v) is 5.54. The van der Waals surface area contributed by atoms with Crippen LogP contribution in [0, 0.1) is 5.82 Å². The highest BCUT2D eigenvalue weighted by molar-refractivity contribution is 6.14. The van der Waals surface area contributed by atoms with Crippen LogP contribution in [0.5, 0.6) is 6.01 Å². The summed E-state index contributed by atoms with van der Waals surface area (Å²) in [5.74, 6) is -0.994. The molecule has 1 atom stereocenters. The van der Waals surface area contributed by atoms with Crippen LogP contribution in [0.25, 0.3) is 21.8 Å². The second kappa shape index (κ2) is 10.1. The standard InChI is InChI=1S/C25H24FN9O2/c1-14(27)9-28-21-4-3-18(24(36)32-17-7-16-12-35(2)34-22(16)20(26)8-17)23-19(21)11-29-25(33-23)37-13-15-5-6-30-31-10-15/h3-8,10-12,14,28H,9,13,27H2,1-2H3,(H,32,36)/t14-/m1/s1. The van der Waals surface area contributed by atoms with E-state index >= 15 is 0 Å². The number of fused-ring (bicyclic) bond motifs is 2. The summed E-state index contributed by atoms with van der Waals surface area (Å²) in [5.41, 5.74) is 8.57. The number of benzene rings is 2. The van der Waals surface area contributed by atoms with E-state index in [1.165, 1.54) is 10.7 Å². The first-order chi connectivity index (χ1) is 17.9. The summed E-state index contributed by atoms with van der Waals surface area (Å²) in [6.45, 7) is 2.57. The van der Waals surface area contributed by atoms with E-state index < -0.39 is 11.7 Å². The Morgan fingerprint density at radius 3 is 2.84 bits per heavy atom. The highest BCUT2D eigenvalue weighted by Gasteiger charge is 2.18. The summed E-state index contributed by atoms with van der Waals surface area (Å²) in [6.07, 6.45) is 6.40. The van der Waals surface area contributed by atoms with Crippen molar-refractivity contribution in [3.05, 3.63) is 72.1 Å². The number of carbonyl (C=O) groups is 1. The molecule has 0 aliphatic heterocycles. The number of nitrogens with one attached hydrogen (secondary N) is 2. The van der Waals surface area contributed by atoms with Gasteiger partial charge >= 0.3 is 6.01 Å². The molecule has 3 aromatic heterocycles. The number of nitrogens with zero attached hydrogens (tertiary/aromatic N) is 6. The van der Waals surface area contributed by atoms with E-state index in [4.69, 9.17) is 10.5 Å². The van der Waals surface area contributed by atoms with E-state index in [1.807, 2.05) is 6.92 Å². The molecule has 37 heavy (non-hydrogen) atoms. The third kappa shape index (κ3) is 5.28. The number of ether oxygens (including phenoxy) is 1. The van der Waals surface area contributed by atoms with Crippen LogP contribution >= 0.6 is 0 Å². The summed E-state index contributed by atoms with van der Waals surface area (Å²) in [5, 5.41) is 18.9. The number of anilines is 2. The molecule has 11 nitrogen and oxygen atoms in total. The average molecular weight is 502 g/mol. The minimum atomic E-state index is -0.530. The summed E-state index contributed by atoms with van der Waals surface area (Å²) < 4.78 is 21.8. The van der Waals surface area contributed by atoms with Gasteiger partial charge < -0.3 is 21.1 Å². The molecule has 3 heterocycles. The monoisotopic (exact) mass is 501 g/mol. The second-order valence-electron chi connectivity index (χ2n) is 8.63. The van der Waals surface area contributed by atoms with Gasteiger partial charge in [0.05, 0.1) is 17.3 Å². The van der Waals surface area contributed by atoms with Gasteiger partial charge in [0.2, 0.25) is 0 Å². The van der Waals surface area contributed by atoms with Crippen LogP contribution < -0.4 is 21.1 Å². The van der Waals surface area contributed by atoms with E-state index in [9.17, 15) is 9.18 Å². The first kappa shape index (κ1) is 24.0. The van der Waals surface area contributed by atoms with Crippen molar-refractivity contribution >= 4 is 39.1 Å². The largest absolute Gasteiger partial charge is 0.459 e. The number of rotatable bonds is 8. The second-order valence-corrected chi connectivity index (χ2v) is 8.63. The molecule has 0 aliphatic rings. The van der Waals surface area contributed by atoms with Crippen molar-refractivity contribution in [3.63, 3.8) is 0 Å². The number of nitrogens with two attached hydrogens (primary N) is 1. The van der Waals surface area contributed by atoms with Gasteiger partial charge in [0.25, 0.3) is 5.91 Å². The van der Waals surface area contributed by atoms with Gasteiger partial charge in [-0.2, -0.15) is 20.3 Å². The van der Waals surface area contributed by atoms with Gasteiger partial charge in [-0.25, -0.2) is 9.37 Å². The number of aromatic nitrogens is 6. The first-order valence-electron chi connectivity index (χ1n) is 11.5. The molecule has 0 saturated carbocycles. The molecule has 0 fully saturated rings. The molecule has 188 valence electrons. The van der Waals surface area contributed by atoms with Crippen LogP contribution in [0.15, 0.2) is 55.1 Å². The molecule has 0 spiro atoms. The molecule has 1 amide bonds. The lowest BCUT2D eigenvalue weighted by molar-refractivity contribution is 0.102. The molecule has 0 aliphatic carbocycles. The SMILES string of the molecule is C[C@@H](N)CNc1ccc(C(=O)Nc2cc(F)c3nn(C)cc3c2)c2nc(OCc3ccnnc3)ncc12. The predicted molar refractivity (Wildman–Crippen MR) is 137 cm³/mol. The molecule has 5 rings (SSSR count). The quantitative estimate of drug-likeness (QED) is 0.292. The fourth-order valence-corrected chi connectivity index (χ4v) is 3.82. The Bertz CT molecular complexity index is 1590. The molecule has 4 N–H and O–H groups in total. The predicted octanol–water partition coefficient (Wildman–Crippen LogP) is 3.04. The lowest BCUT2D eigenvalue weighted by atomic mass is 10.1. The van der Waals surface area contributed by atoms with Crippen LogP contribution in [0.3, 0.4) is 0 Å². The Morgan fingerprint density at radius 2 is 2.05 bits per heavy atom. The fraction of sp³-hybridized carbons (Fsp3) is 0.200. The Hall–Kier alpha value is -4.71. The number of carbonyl (C=O) groups excluding carboxylic acids is 1. The Balaban J connectivity index is 1.49. The normalized spacial score (nSPS) is 12.0. The zero-order valence-corrected chi connectivity index (χ0v) is 20.1. The molecular weight excluding hydrogens is 477 g/mol. The summed E-state index contributed by atoms with van der Waals surface area (Å²) in [6, 6.07) is 8.07. The number of hydrogen-bond acceptors (Lipinski definition) is 9. The smallest absolute Gasteiger partial charge is 0.317 e. The van der Waals surface area contributed by atoms with Gasteiger partial charge in [-0.1, -0.05) is 0 Å². The highest BCUT2D eigenvalue weighted by atomic mass is 19.1. The minimum absolute atomic E-state index is 0.0885. The van der Waals surface area contributed by atoms with Crippen molar-refractivity contribution in [2.24, 2.45) is 12.8 Å². The number of amides is 1. The van der Waals surface area contributed by atoms with Crippen LogP contribution in [0.2, 0.25) is 0 Å². The molecule has 12 heteroatoms. The van der Waals surface area contributed by atoms with Gasteiger partial charge in [-0.3, -0.25) is 9.48 Å². The Morgan fingerprint density at radius 1 is 1.19 bits per heavy atom. The van der Waals surface area contributed by atoms with Gasteiger partial charge in [-0.05, 0) is 37.3 Å². The third-order valence-electron chi connectivity index (χ3n) is 5.54. The summed E-state index contributed by atoms with van der Waals surface area (Å²) >= 11 is 0. The maximum absolute atomic E-state index is 14.6. The molecule has 0 saturated heterocycles. The molecule has 0 radical (unpaired) electrons. The van der Waals surface area contributed by atoms with Crippen molar-refractivity contribution in [1.29, 1.82) is 0 Å². The van der Waals surface area contributed by atoms with Gasteiger partial charge in [0, 0.05) is 65.9 Å². The number of halogens is 1. The van der Waals surface area contributed by atoms with Crippen molar-refractivity contribution in [2.75, 3.05) is 17.2 Å². The van der Waals surface area contributed by atoms with Gasteiger partial charge in [0.15, 0.2) is 5.82 Å². The van der Waals surface area contributed by atoms with Crippen LogP contribution in [-0.4, -0.2) is 48.4 Å². The Labute approximate surface area is 210 Å². The first-order valence-corrected chi connectivity index (χ1v) is 11.5. The van der Waals surface area contributed by atoms with Crippen LogP contribution in [0.1, 0.15) is 22.8 Å². The van der Waals surface area contributed by atoms with E-state index in [-0.39, 0.29) is 29.7 Å². The summed E-state index contributed by atoms with van der Waals surface area (Å²) in [7, 11) is 1.70. The van der Waals surface area contributed by atoms with Crippen molar-refractivity contribution in [1.82, 2.24) is 29.9 Å². The van der Waals surface area contributed by atoms with Crippen molar-refractivity contribution in [3.8, 4) is 6.01 Å². The van der Waals surface area contributed by atoms with Crippen LogP contribution in [0.4, 0.5) is 15.8 Å². The zero-order valence-electron chi connectivity index (χ0n) is 20.1. The highest BCUT2D eigenvalue weighted by Crippen LogP contribution is 2.28. The van der Waals surface area contributed by atoms with Crippen molar-refractivity contribution < 1.29 is 13.9 Å².